The molecule has 0 bridgehead atoms. The minimum absolute atomic E-state index is 0.297. The second-order valence-electron chi connectivity index (χ2n) is 5.42. The Morgan fingerprint density at radius 2 is 2.00 bits per heavy atom. The molecular formula is C11H17F2NO4. The first-order chi connectivity index (χ1) is 8.01. The fourth-order valence-corrected chi connectivity index (χ4v) is 1.74. The molecule has 0 spiro atoms. The van der Waals surface area contributed by atoms with Gasteiger partial charge in [-0.1, -0.05) is 0 Å². The number of rotatable bonds is 2. The molecule has 0 saturated carbocycles. The molecule has 5 nitrogen and oxygen atoms in total. The van der Waals surface area contributed by atoms with Crippen LogP contribution in [0.1, 0.15) is 27.2 Å². The monoisotopic (exact) mass is 265 g/mol. The number of carboxylic acids is 1. The molecule has 1 heterocycles. The van der Waals surface area contributed by atoms with Gasteiger partial charge in [0, 0.05) is 6.54 Å². The molecule has 0 aliphatic carbocycles. The van der Waals surface area contributed by atoms with E-state index in [4.69, 9.17) is 9.84 Å². The summed E-state index contributed by atoms with van der Waals surface area (Å²) in [6, 6.07) is 0. The van der Waals surface area contributed by atoms with Gasteiger partial charge in [-0.05, 0) is 20.8 Å². The van der Waals surface area contributed by atoms with Crippen LogP contribution in [0.4, 0.5) is 13.6 Å². The molecule has 1 N–H and O–H groups in total. The maximum absolute atomic E-state index is 13.5. The van der Waals surface area contributed by atoms with Crippen molar-refractivity contribution in [3.05, 3.63) is 0 Å². The van der Waals surface area contributed by atoms with E-state index in [2.05, 4.69) is 0 Å². The van der Waals surface area contributed by atoms with Gasteiger partial charge >= 0.3 is 12.1 Å². The van der Waals surface area contributed by atoms with Gasteiger partial charge in [0.05, 0.1) is 18.9 Å². The van der Waals surface area contributed by atoms with Crippen LogP contribution in [-0.4, -0.2) is 46.7 Å². The zero-order valence-electron chi connectivity index (χ0n) is 10.6. The number of carbonyl (C=O) groups excluding carboxylic acids is 1. The predicted molar refractivity (Wildman–Crippen MR) is 58.5 cm³/mol. The van der Waals surface area contributed by atoms with Gasteiger partial charge in [-0.15, -0.1) is 0 Å². The smallest absolute Gasteiger partial charge is 0.410 e. The third-order valence-electron chi connectivity index (χ3n) is 2.51. The number of carboxylic acid groups (broad SMARTS) is 1. The molecule has 1 fully saturated rings. The molecule has 1 unspecified atom stereocenters. The number of halogens is 2. The molecule has 1 amide bonds. The molecule has 0 radical (unpaired) electrons. The highest BCUT2D eigenvalue weighted by molar-refractivity contribution is 5.70. The first kappa shape index (κ1) is 14.7. The van der Waals surface area contributed by atoms with Crippen LogP contribution in [0.25, 0.3) is 0 Å². The fraction of sp³-hybridized carbons (Fsp3) is 0.818. The first-order valence-corrected chi connectivity index (χ1v) is 5.59. The number of carbonyl (C=O) groups is 2. The Morgan fingerprint density at radius 1 is 1.44 bits per heavy atom. The van der Waals surface area contributed by atoms with Crippen molar-refractivity contribution in [3.8, 4) is 0 Å². The molecule has 1 saturated heterocycles. The normalized spacial score (nSPS) is 22.9. The maximum Gasteiger partial charge on any atom is 0.410 e. The van der Waals surface area contributed by atoms with E-state index in [1.807, 2.05) is 0 Å². The van der Waals surface area contributed by atoms with E-state index in [9.17, 15) is 18.4 Å². The lowest BCUT2D eigenvalue weighted by Gasteiger charge is -2.24. The van der Waals surface area contributed by atoms with Crippen molar-refractivity contribution in [1.29, 1.82) is 0 Å². The number of hydrogen-bond donors (Lipinski definition) is 1. The molecular weight excluding hydrogens is 248 g/mol. The van der Waals surface area contributed by atoms with Crippen LogP contribution in [0, 0.1) is 5.92 Å². The average Bonchev–Trinajstić information content (AvgIpc) is 2.38. The van der Waals surface area contributed by atoms with Gasteiger partial charge in [-0.25, -0.2) is 13.6 Å². The van der Waals surface area contributed by atoms with E-state index < -0.39 is 42.5 Å². The van der Waals surface area contributed by atoms with Crippen molar-refractivity contribution in [2.45, 2.75) is 38.7 Å². The Kier molecular flexibility index (Phi) is 3.83. The van der Waals surface area contributed by atoms with Crippen molar-refractivity contribution in [2.75, 3.05) is 13.1 Å². The van der Waals surface area contributed by atoms with E-state index in [-0.39, 0.29) is 6.54 Å². The van der Waals surface area contributed by atoms with Crippen LogP contribution in [0.3, 0.4) is 0 Å². The summed E-state index contributed by atoms with van der Waals surface area (Å²) in [6.45, 7) is 3.81. The lowest BCUT2D eigenvalue weighted by molar-refractivity contribution is -0.141. The summed E-state index contributed by atoms with van der Waals surface area (Å²) in [5.74, 6) is -5.84. The van der Waals surface area contributed by atoms with Crippen LogP contribution >= 0.6 is 0 Å². The van der Waals surface area contributed by atoms with E-state index in [1.54, 1.807) is 20.8 Å². The molecule has 0 aromatic rings. The molecule has 18 heavy (non-hydrogen) atoms. The van der Waals surface area contributed by atoms with E-state index >= 15 is 0 Å². The molecule has 0 aromatic heterocycles. The predicted octanol–water partition coefficient (Wildman–Crippen LogP) is 1.96. The Hall–Kier alpha value is -1.40. The highest BCUT2D eigenvalue weighted by Crippen LogP contribution is 2.35. The van der Waals surface area contributed by atoms with Crippen molar-refractivity contribution < 1.29 is 28.2 Å². The summed E-state index contributed by atoms with van der Waals surface area (Å²) in [4.78, 5) is 22.9. The third kappa shape index (κ3) is 3.82. The molecule has 1 atom stereocenters. The van der Waals surface area contributed by atoms with Gasteiger partial charge < -0.3 is 14.7 Å². The summed E-state index contributed by atoms with van der Waals surface area (Å²) in [6.07, 6.45) is -1.50. The maximum atomic E-state index is 13.5. The van der Waals surface area contributed by atoms with Crippen molar-refractivity contribution >= 4 is 12.1 Å². The second kappa shape index (κ2) is 4.70. The first-order valence-electron chi connectivity index (χ1n) is 5.59. The van der Waals surface area contributed by atoms with Crippen molar-refractivity contribution in [3.63, 3.8) is 0 Å². The van der Waals surface area contributed by atoms with Gasteiger partial charge in [-0.3, -0.25) is 4.79 Å². The van der Waals surface area contributed by atoms with Gasteiger partial charge in [0.25, 0.3) is 5.92 Å². The van der Waals surface area contributed by atoms with Gasteiger partial charge in [0.15, 0.2) is 0 Å². The van der Waals surface area contributed by atoms with Crippen LogP contribution in [0.15, 0.2) is 0 Å². The largest absolute Gasteiger partial charge is 0.481 e. The molecule has 7 heteroatoms. The lowest BCUT2D eigenvalue weighted by Crippen LogP contribution is -2.36. The topological polar surface area (TPSA) is 66.8 Å². The van der Waals surface area contributed by atoms with Crippen LogP contribution in [0.2, 0.25) is 0 Å². The van der Waals surface area contributed by atoms with Crippen molar-refractivity contribution in [1.82, 2.24) is 4.90 Å². The Labute approximate surface area is 104 Å². The van der Waals surface area contributed by atoms with Crippen LogP contribution < -0.4 is 0 Å². The Balaban J connectivity index is 2.67. The van der Waals surface area contributed by atoms with Crippen LogP contribution in [-0.2, 0) is 9.53 Å². The second-order valence-corrected chi connectivity index (χ2v) is 5.42. The Morgan fingerprint density at radius 3 is 2.44 bits per heavy atom. The summed E-state index contributed by atoms with van der Waals surface area (Å²) < 4.78 is 32.0. The van der Waals surface area contributed by atoms with E-state index in [0.29, 0.717) is 0 Å². The molecule has 1 rings (SSSR count). The minimum atomic E-state index is -3.19. The number of ether oxygens (including phenoxy) is 1. The molecule has 104 valence electrons. The van der Waals surface area contributed by atoms with Gasteiger partial charge in [0.1, 0.15) is 5.60 Å². The zero-order valence-corrected chi connectivity index (χ0v) is 10.6. The SMILES string of the molecule is CC(C)(C)OC(=O)N1CC(CC(=O)O)C(F)(F)C1. The molecule has 1 aliphatic rings. The summed E-state index contributed by atoms with van der Waals surface area (Å²) >= 11 is 0. The number of aliphatic carboxylic acids is 1. The van der Waals surface area contributed by atoms with E-state index in [0.717, 1.165) is 4.90 Å². The minimum Gasteiger partial charge on any atom is -0.481 e. The summed E-state index contributed by atoms with van der Waals surface area (Å²) in [5.41, 5.74) is -0.767. The number of likely N-dealkylation sites (tertiary alicyclic amines) is 1. The molecule has 0 aromatic carbocycles. The van der Waals surface area contributed by atoms with Gasteiger partial charge in [0.2, 0.25) is 0 Å². The lowest BCUT2D eigenvalue weighted by atomic mass is 10.0. The third-order valence-corrected chi connectivity index (χ3v) is 2.51. The number of nitrogens with zero attached hydrogens (tertiary/aromatic N) is 1. The highest BCUT2D eigenvalue weighted by Gasteiger charge is 2.50. The highest BCUT2D eigenvalue weighted by atomic mass is 19.3. The average molecular weight is 265 g/mol. The summed E-state index contributed by atoms with van der Waals surface area (Å²) in [7, 11) is 0. The fourth-order valence-electron chi connectivity index (χ4n) is 1.74. The summed E-state index contributed by atoms with van der Waals surface area (Å²) in [5, 5.41) is 8.55. The Bertz CT molecular complexity index is 351. The quantitative estimate of drug-likeness (QED) is 0.828. The standard InChI is InChI=1S/C11H17F2NO4/c1-10(2,3)18-9(17)14-5-7(4-8(15)16)11(12,13)6-14/h7H,4-6H2,1-3H3,(H,15,16). The number of amides is 1. The zero-order chi connectivity index (χ0) is 14.1. The van der Waals surface area contributed by atoms with E-state index in [1.165, 1.54) is 0 Å². The van der Waals surface area contributed by atoms with Crippen LogP contribution in [0.5, 0.6) is 0 Å². The van der Waals surface area contributed by atoms with Gasteiger partial charge in [-0.2, -0.15) is 0 Å². The number of alkyl halides is 2. The number of hydrogen-bond acceptors (Lipinski definition) is 3. The molecule has 1 aliphatic heterocycles. The van der Waals surface area contributed by atoms with Crippen molar-refractivity contribution in [2.24, 2.45) is 5.92 Å².